The van der Waals surface area contributed by atoms with Crippen LogP contribution in [0.4, 0.5) is 5.82 Å². The lowest BCUT2D eigenvalue weighted by Crippen LogP contribution is -2.46. The molecule has 5 rings (SSSR count). The molecule has 1 aromatic heterocycles. The summed E-state index contributed by atoms with van der Waals surface area (Å²) in [4.78, 5) is 17.5. The van der Waals surface area contributed by atoms with E-state index in [1.54, 1.807) is 13.2 Å². The summed E-state index contributed by atoms with van der Waals surface area (Å²) in [6.45, 7) is 0.851. The number of hydrogen-bond donors (Lipinski definition) is 4. The number of nitrogens with one attached hydrogen (secondary N) is 1. The molecule has 9 heteroatoms. The monoisotopic (exact) mass is 529 g/mol. The molecule has 4 aromatic rings. The number of aliphatic hydroxyl groups excluding tert-OH is 2. The van der Waals surface area contributed by atoms with E-state index in [0.29, 0.717) is 5.75 Å². The summed E-state index contributed by atoms with van der Waals surface area (Å²) in [6, 6.07) is 29.0. The zero-order valence-corrected chi connectivity index (χ0v) is 21.6. The first-order chi connectivity index (χ1) is 18.8. The number of aromatic nitrogens is 2. The van der Waals surface area contributed by atoms with Gasteiger partial charge < -0.3 is 30.1 Å². The van der Waals surface area contributed by atoms with Gasteiger partial charge in [-0.05, 0) is 41.8 Å². The minimum Gasteiger partial charge on any atom is -0.497 e. The van der Waals surface area contributed by atoms with Crippen molar-refractivity contribution in [1.82, 2.24) is 9.55 Å². The number of anilines is 1. The molecule has 4 atom stereocenters. The molecule has 9 nitrogen and oxygen atoms in total. The SMILES string of the molecule is COc1ccc(C(Nc2ccn(C3OC(CO)C(O)C3(C)O)c(=O)n2)(c2ccccc2)c2ccccc2)cc1. The second kappa shape index (κ2) is 10.6. The molecule has 0 radical (unpaired) electrons. The first-order valence-corrected chi connectivity index (χ1v) is 12.6. The maximum Gasteiger partial charge on any atom is 0.351 e. The zero-order valence-electron chi connectivity index (χ0n) is 21.6. The number of hydrogen-bond acceptors (Lipinski definition) is 8. The molecule has 39 heavy (non-hydrogen) atoms. The number of aliphatic hydroxyl groups is 3. The third-order valence-electron chi connectivity index (χ3n) is 7.27. The fourth-order valence-electron chi connectivity index (χ4n) is 5.18. The fourth-order valence-corrected chi connectivity index (χ4v) is 5.18. The molecule has 1 fully saturated rings. The summed E-state index contributed by atoms with van der Waals surface area (Å²) in [5.74, 6) is 0.998. The molecule has 202 valence electrons. The van der Waals surface area contributed by atoms with Gasteiger partial charge in [0.2, 0.25) is 0 Å². The molecule has 4 N–H and O–H groups in total. The summed E-state index contributed by atoms with van der Waals surface area (Å²) in [5.41, 5.74) is -0.710. The minimum atomic E-state index is -1.81. The highest BCUT2D eigenvalue weighted by molar-refractivity contribution is 5.58. The second-order valence-electron chi connectivity index (χ2n) is 9.72. The molecule has 0 bridgehead atoms. The highest BCUT2D eigenvalue weighted by Crippen LogP contribution is 2.41. The van der Waals surface area contributed by atoms with E-state index in [1.807, 2.05) is 84.9 Å². The van der Waals surface area contributed by atoms with Crippen LogP contribution in [0.1, 0.15) is 29.8 Å². The van der Waals surface area contributed by atoms with Gasteiger partial charge in [0.15, 0.2) is 6.23 Å². The second-order valence-corrected chi connectivity index (χ2v) is 9.72. The standard InChI is InChI=1S/C30H31N3O6/c1-29(37)26(35)24(19-34)39-27(29)33-18-17-25(31-28(33)36)32-30(20-9-5-3-6-10-20,21-11-7-4-8-12-21)22-13-15-23(38-2)16-14-22/h3-18,24,26-27,34-35,37H,19H2,1-2H3,(H,31,32,36). The molecular weight excluding hydrogens is 498 g/mol. The van der Waals surface area contributed by atoms with Crippen molar-refractivity contribution in [3.05, 3.63) is 124 Å². The van der Waals surface area contributed by atoms with Crippen molar-refractivity contribution < 1.29 is 24.8 Å². The number of nitrogens with zero attached hydrogens (tertiary/aromatic N) is 2. The third kappa shape index (κ3) is 4.70. The smallest absolute Gasteiger partial charge is 0.351 e. The van der Waals surface area contributed by atoms with E-state index in [-0.39, 0.29) is 5.82 Å². The summed E-state index contributed by atoms with van der Waals surface area (Å²) < 4.78 is 12.1. The van der Waals surface area contributed by atoms with Gasteiger partial charge in [-0.15, -0.1) is 0 Å². The number of ether oxygens (including phenoxy) is 2. The Balaban J connectivity index is 1.63. The summed E-state index contributed by atoms with van der Waals surface area (Å²) in [6.07, 6.45) is -2.18. The number of benzene rings is 3. The Kier molecular flexibility index (Phi) is 7.24. The van der Waals surface area contributed by atoms with Crippen molar-refractivity contribution >= 4 is 5.82 Å². The van der Waals surface area contributed by atoms with Crippen molar-refractivity contribution in [2.24, 2.45) is 0 Å². The molecule has 1 aliphatic heterocycles. The molecule has 0 spiro atoms. The Morgan fingerprint density at radius 1 is 0.974 bits per heavy atom. The van der Waals surface area contributed by atoms with Gasteiger partial charge in [0, 0.05) is 6.20 Å². The molecule has 3 aromatic carbocycles. The van der Waals surface area contributed by atoms with Gasteiger partial charge in [-0.1, -0.05) is 72.8 Å². The largest absolute Gasteiger partial charge is 0.497 e. The molecule has 0 aliphatic carbocycles. The van der Waals surface area contributed by atoms with E-state index in [1.165, 1.54) is 13.1 Å². The van der Waals surface area contributed by atoms with Gasteiger partial charge in [0.25, 0.3) is 0 Å². The Morgan fingerprint density at radius 3 is 2.03 bits per heavy atom. The lowest BCUT2D eigenvalue weighted by atomic mass is 9.77. The van der Waals surface area contributed by atoms with Crippen LogP contribution in [0.5, 0.6) is 5.75 Å². The van der Waals surface area contributed by atoms with E-state index in [4.69, 9.17) is 9.47 Å². The highest BCUT2D eigenvalue weighted by atomic mass is 16.6. The van der Waals surface area contributed by atoms with Crippen LogP contribution in [0.3, 0.4) is 0 Å². The molecule has 1 aliphatic rings. The summed E-state index contributed by atoms with van der Waals surface area (Å²) >= 11 is 0. The Hall–Kier alpha value is -4.02. The molecule has 1 saturated heterocycles. The average Bonchev–Trinajstić information content (AvgIpc) is 3.20. The predicted molar refractivity (Wildman–Crippen MR) is 146 cm³/mol. The lowest BCUT2D eigenvalue weighted by molar-refractivity contribution is -0.0986. The van der Waals surface area contributed by atoms with Crippen molar-refractivity contribution in [2.45, 2.75) is 36.5 Å². The van der Waals surface area contributed by atoms with E-state index in [9.17, 15) is 20.1 Å². The van der Waals surface area contributed by atoms with Crippen LogP contribution in [-0.2, 0) is 10.3 Å². The van der Waals surface area contributed by atoms with Gasteiger partial charge in [-0.2, -0.15) is 4.98 Å². The Labute approximate surface area is 225 Å². The fraction of sp³-hybridized carbons (Fsp3) is 0.267. The van der Waals surface area contributed by atoms with Crippen LogP contribution >= 0.6 is 0 Å². The minimum absolute atomic E-state index is 0.289. The predicted octanol–water partition coefficient (Wildman–Crippen LogP) is 2.66. The Morgan fingerprint density at radius 2 is 1.54 bits per heavy atom. The van der Waals surface area contributed by atoms with Crippen molar-refractivity contribution in [3.63, 3.8) is 0 Å². The van der Waals surface area contributed by atoms with Crippen LogP contribution in [0.2, 0.25) is 0 Å². The molecule has 0 amide bonds. The van der Waals surface area contributed by atoms with E-state index in [2.05, 4.69) is 10.3 Å². The van der Waals surface area contributed by atoms with Crippen LogP contribution < -0.4 is 15.7 Å². The highest BCUT2D eigenvalue weighted by Gasteiger charge is 2.53. The van der Waals surface area contributed by atoms with E-state index < -0.39 is 41.9 Å². The van der Waals surface area contributed by atoms with Gasteiger partial charge in [0.05, 0.1) is 13.7 Å². The maximum atomic E-state index is 13.3. The van der Waals surface area contributed by atoms with Crippen LogP contribution in [0, 0.1) is 0 Å². The molecule has 0 saturated carbocycles. The van der Waals surface area contributed by atoms with Gasteiger partial charge in [0.1, 0.15) is 34.9 Å². The molecular formula is C30H31N3O6. The summed E-state index contributed by atoms with van der Waals surface area (Å²) in [5, 5.41) is 34.3. The van der Waals surface area contributed by atoms with Crippen molar-refractivity contribution in [1.29, 1.82) is 0 Å². The van der Waals surface area contributed by atoms with Crippen molar-refractivity contribution in [3.8, 4) is 5.75 Å². The zero-order chi connectivity index (χ0) is 27.6. The lowest BCUT2D eigenvalue weighted by Gasteiger charge is -2.37. The van der Waals surface area contributed by atoms with Crippen molar-refractivity contribution in [2.75, 3.05) is 19.0 Å². The molecule has 2 heterocycles. The summed E-state index contributed by atoms with van der Waals surface area (Å²) in [7, 11) is 1.61. The van der Waals surface area contributed by atoms with E-state index in [0.717, 1.165) is 21.3 Å². The molecule has 4 unspecified atom stereocenters. The van der Waals surface area contributed by atoms with Crippen LogP contribution in [0.25, 0.3) is 0 Å². The van der Waals surface area contributed by atoms with E-state index >= 15 is 0 Å². The van der Waals surface area contributed by atoms with Gasteiger partial charge in [-0.3, -0.25) is 4.57 Å². The van der Waals surface area contributed by atoms with Crippen LogP contribution in [-0.4, -0.2) is 56.4 Å². The maximum absolute atomic E-state index is 13.3. The normalized spacial score (nSPS) is 22.9. The average molecular weight is 530 g/mol. The van der Waals surface area contributed by atoms with Crippen LogP contribution in [0.15, 0.2) is 102 Å². The first-order valence-electron chi connectivity index (χ1n) is 12.6. The topological polar surface area (TPSA) is 126 Å². The first kappa shape index (κ1) is 26.6. The number of rotatable bonds is 8. The third-order valence-corrected chi connectivity index (χ3v) is 7.27. The van der Waals surface area contributed by atoms with Gasteiger partial charge in [-0.25, -0.2) is 4.79 Å². The quantitative estimate of drug-likeness (QED) is 0.257. The number of methoxy groups -OCH3 is 1. The van der Waals surface area contributed by atoms with Gasteiger partial charge >= 0.3 is 5.69 Å². The Bertz CT molecular complexity index is 1420.